The molecule has 2 rings (SSSR count). The lowest BCUT2D eigenvalue weighted by Gasteiger charge is -2.33. The minimum atomic E-state index is 0.477. The molecule has 0 amide bonds. The van der Waals surface area contributed by atoms with Crippen LogP contribution in [0.25, 0.3) is 0 Å². The van der Waals surface area contributed by atoms with Crippen LogP contribution in [0.5, 0.6) is 0 Å². The third-order valence-electron chi connectivity index (χ3n) is 3.58. The Morgan fingerprint density at radius 3 is 2.53 bits per heavy atom. The Morgan fingerprint density at radius 2 is 1.93 bits per heavy atom. The van der Waals surface area contributed by atoms with Crippen LogP contribution >= 0.6 is 0 Å². The van der Waals surface area contributed by atoms with Gasteiger partial charge in [-0.3, -0.25) is 5.43 Å². The second-order valence-corrected chi connectivity index (χ2v) is 4.62. The number of ether oxygens (including phenoxy) is 1. The quantitative estimate of drug-likeness (QED) is 0.707. The zero-order valence-corrected chi connectivity index (χ0v) is 9.45. The predicted octanol–water partition coefficient (Wildman–Crippen LogP) is 0.341. The van der Waals surface area contributed by atoms with Crippen LogP contribution in [0.15, 0.2) is 0 Å². The van der Waals surface area contributed by atoms with E-state index in [0.29, 0.717) is 6.04 Å². The van der Waals surface area contributed by atoms with Crippen molar-refractivity contribution < 1.29 is 4.74 Å². The Kier molecular flexibility index (Phi) is 4.38. The Morgan fingerprint density at radius 1 is 1.27 bits per heavy atom. The molecule has 15 heavy (non-hydrogen) atoms. The second kappa shape index (κ2) is 5.80. The molecule has 0 bridgehead atoms. The van der Waals surface area contributed by atoms with E-state index in [1.165, 1.54) is 25.7 Å². The van der Waals surface area contributed by atoms with Crippen LogP contribution < -0.4 is 11.2 Å². The summed E-state index contributed by atoms with van der Waals surface area (Å²) < 4.78 is 5.33. The van der Waals surface area contributed by atoms with Crippen molar-refractivity contribution in [3.8, 4) is 0 Å². The van der Waals surface area contributed by atoms with Crippen molar-refractivity contribution in [2.75, 3.05) is 32.8 Å². The maximum absolute atomic E-state index is 5.85. The van der Waals surface area contributed by atoms with E-state index in [4.69, 9.17) is 10.5 Å². The maximum Gasteiger partial charge on any atom is 0.0608 e. The monoisotopic (exact) mass is 213 g/mol. The Bertz CT molecular complexity index is 177. The van der Waals surface area contributed by atoms with Crippen molar-refractivity contribution in [1.29, 1.82) is 0 Å². The van der Waals surface area contributed by atoms with Gasteiger partial charge in [0.05, 0.1) is 13.2 Å². The molecule has 1 heterocycles. The summed E-state index contributed by atoms with van der Waals surface area (Å²) in [6.45, 7) is 4.42. The summed E-state index contributed by atoms with van der Waals surface area (Å²) in [6.07, 6.45) is 5.45. The van der Waals surface area contributed by atoms with Crippen LogP contribution in [0.3, 0.4) is 0 Å². The molecule has 4 heteroatoms. The first-order chi connectivity index (χ1) is 7.40. The Labute approximate surface area is 92.1 Å². The lowest BCUT2D eigenvalue weighted by Crippen LogP contribution is -2.54. The van der Waals surface area contributed by atoms with Gasteiger partial charge in [-0.25, -0.2) is 5.01 Å². The van der Waals surface area contributed by atoms with Crippen molar-refractivity contribution >= 4 is 0 Å². The topological polar surface area (TPSA) is 50.5 Å². The molecule has 0 aromatic heterocycles. The highest BCUT2D eigenvalue weighted by atomic mass is 16.5. The van der Waals surface area contributed by atoms with Gasteiger partial charge in [-0.2, -0.15) is 0 Å². The molecular weight excluding hydrogens is 190 g/mol. The summed E-state index contributed by atoms with van der Waals surface area (Å²) in [7, 11) is 0. The molecule has 1 aliphatic heterocycles. The van der Waals surface area contributed by atoms with E-state index in [2.05, 4.69) is 10.4 Å². The van der Waals surface area contributed by atoms with Gasteiger partial charge < -0.3 is 10.5 Å². The summed E-state index contributed by atoms with van der Waals surface area (Å²) in [5.41, 5.74) is 9.43. The van der Waals surface area contributed by atoms with Gasteiger partial charge >= 0.3 is 0 Å². The number of hydrazine groups is 1. The van der Waals surface area contributed by atoms with Gasteiger partial charge in [-0.05, 0) is 18.8 Å². The van der Waals surface area contributed by atoms with Crippen LogP contribution in [-0.4, -0.2) is 43.9 Å². The fourth-order valence-corrected chi connectivity index (χ4v) is 2.64. The first kappa shape index (κ1) is 11.3. The molecule has 1 saturated heterocycles. The summed E-state index contributed by atoms with van der Waals surface area (Å²) in [4.78, 5) is 0. The molecule has 1 saturated carbocycles. The zero-order valence-electron chi connectivity index (χ0n) is 9.45. The second-order valence-electron chi connectivity index (χ2n) is 4.62. The third kappa shape index (κ3) is 3.14. The highest BCUT2D eigenvalue weighted by molar-refractivity contribution is 4.81. The SMILES string of the molecule is NCC(NN1CCOCC1)C1CCCC1. The smallest absolute Gasteiger partial charge is 0.0608 e. The van der Waals surface area contributed by atoms with E-state index in [1.807, 2.05) is 0 Å². The molecule has 4 nitrogen and oxygen atoms in total. The van der Waals surface area contributed by atoms with Crippen molar-refractivity contribution in [1.82, 2.24) is 10.4 Å². The predicted molar refractivity (Wildman–Crippen MR) is 60.3 cm³/mol. The lowest BCUT2D eigenvalue weighted by molar-refractivity contribution is -0.000905. The van der Waals surface area contributed by atoms with Crippen LogP contribution in [0.4, 0.5) is 0 Å². The largest absolute Gasteiger partial charge is 0.379 e. The first-order valence-corrected chi connectivity index (χ1v) is 6.19. The maximum atomic E-state index is 5.85. The number of hydrogen-bond acceptors (Lipinski definition) is 4. The van der Waals surface area contributed by atoms with Crippen molar-refractivity contribution in [2.24, 2.45) is 11.7 Å². The van der Waals surface area contributed by atoms with Crippen LogP contribution in [0, 0.1) is 5.92 Å². The molecular formula is C11H23N3O. The van der Waals surface area contributed by atoms with E-state index < -0.39 is 0 Å². The average molecular weight is 213 g/mol. The summed E-state index contributed by atoms with van der Waals surface area (Å²) in [5, 5.41) is 2.28. The minimum absolute atomic E-state index is 0.477. The van der Waals surface area contributed by atoms with Gasteiger partial charge in [0.2, 0.25) is 0 Å². The van der Waals surface area contributed by atoms with Gasteiger partial charge in [0.15, 0.2) is 0 Å². The molecule has 2 fully saturated rings. The molecule has 0 aromatic rings. The number of nitrogens with two attached hydrogens (primary N) is 1. The van der Waals surface area contributed by atoms with Gasteiger partial charge in [-0.15, -0.1) is 0 Å². The van der Waals surface area contributed by atoms with Crippen LogP contribution in [0.2, 0.25) is 0 Å². The summed E-state index contributed by atoms with van der Waals surface area (Å²) in [6, 6.07) is 0.477. The molecule has 0 spiro atoms. The highest BCUT2D eigenvalue weighted by Gasteiger charge is 2.25. The molecule has 0 aromatic carbocycles. The molecule has 1 aliphatic carbocycles. The van der Waals surface area contributed by atoms with Gasteiger partial charge in [-0.1, -0.05) is 12.8 Å². The molecule has 88 valence electrons. The number of rotatable bonds is 4. The van der Waals surface area contributed by atoms with E-state index in [1.54, 1.807) is 0 Å². The van der Waals surface area contributed by atoms with E-state index >= 15 is 0 Å². The molecule has 1 atom stereocenters. The van der Waals surface area contributed by atoms with Gasteiger partial charge in [0.1, 0.15) is 0 Å². The number of nitrogens with zero attached hydrogens (tertiary/aromatic N) is 1. The summed E-state index contributed by atoms with van der Waals surface area (Å²) >= 11 is 0. The highest BCUT2D eigenvalue weighted by Crippen LogP contribution is 2.27. The van der Waals surface area contributed by atoms with E-state index in [0.717, 1.165) is 38.8 Å². The standard InChI is InChI=1S/C11H23N3O/c12-9-11(10-3-1-2-4-10)13-14-5-7-15-8-6-14/h10-11,13H,1-9,12H2. The molecule has 0 radical (unpaired) electrons. The van der Waals surface area contributed by atoms with E-state index in [9.17, 15) is 0 Å². The van der Waals surface area contributed by atoms with Crippen LogP contribution in [0.1, 0.15) is 25.7 Å². The molecule has 3 N–H and O–H groups in total. The van der Waals surface area contributed by atoms with Crippen molar-refractivity contribution in [2.45, 2.75) is 31.7 Å². The number of morpholine rings is 1. The van der Waals surface area contributed by atoms with Gasteiger partial charge in [0.25, 0.3) is 0 Å². The van der Waals surface area contributed by atoms with E-state index in [-0.39, 0.29) is 0 Å². The van der Waals surface area contributed by atoms with Crippen molar-refractivity contribution in [3.05, 3.63) is 0 Å². The minimum Gasteiger partial charge on any atom is -0.379 e. The van der Waals surface area contributed by atoms with Gasteiger partial charge in [0, 0.05) is 25.7 Å². The molecule has 1 unspecified atom stereocenters. The number of hydrogen-bond donors (Lipinski definition) is 2. The number of nitrogens with one attached hydrogen (secondary N) is 1. The molecule has 2 aliphatic rings. The normalized spacial score (nSPS) is 27.0. The van der Waals surface area contributed by atoms with Crippen molar-refractivity contribution in [3.63, 3.8) is 0 Å². The van der Waals surface area contributed by atoms with Crippen LogP contribution in [-0.2, 0) is 4.74 Å². The first-order valence-electron chi connectivity index (χ1n) is 6.19. The lowest BCUT2D eigenvalue weighted by atomic mass is 9.99. The Balaban J connectivity index is 1.78. The summed E-state index contributed by atoms with van der Waals surface area (Å²) in [5.74, 6) is 0.790. The fraction of sp³-hybridized carbons (Fsp3) is 1.00. The fourth-order valence-electron chi connectivity index (χ4n) is 2.64. The average Bonchev–Trinajstić information content (AvgIpc) is 2.81. The Hall–Kier alpha value is -0.160. The zero-order chi connectivity index (χ0) is 10.5. The third-order valence-corrected chi connectivity index (χ3v) is 3.58.